The molecule has 1 rings (SSSR count). The van der Waals surface area contributed by atoms with Crippen molar-refractivity contribution in [3.8, 4) is 0 Å². The lowest BCUT2D eigenvalue weighted by Gasteiger charge is -2.26. The standard InChI is InChI=1S/C14H24N2O3S/c1-3-5-11-16(12-6-4-2)14-10-8-7-9-13(14)15-20(17,18)19/h7-10,15H,3-6,11-12H2,1-2H3,(H,17,18,19). The van der Waals surface area contributed by atoms with E-state index >= 15 is 0 Å². The van der Waals surface area contributed by atoms with Gasteiger partial charge in [-0.05, 0) is 25.0 Å². The number of hydrogen-bond acceptors (Lipinski definition) is 3. The Morgan fingerprint density at radius 2 is 1.65 bits per heavy atom. The topological polar surface area (TPSA) is 69.6 Å². The maximum atomic E-state index is 11.0. The molecule has 114 valence electrons. The second-order valence-corrected chi connectivity index (χ2v) is 5.94. The van der Waals surface area contributed by atoms with E-state index in [1.54, 1.807) is 12.1 Å². The van der Waals surface area contributed by atoms with Crippen molar-refractivity contribution in [1.29, 1.82) is 0 Å². The molecule has 0 atom stereocenters. The van der Waals surface area contributed by atoms with Gasteiger partial charge in [-0.3, -0.25) is 9.27 Å². The molecule has 0 fully saturated rings. The Morgan fingerprint density at radius 1 is 1.10 bits per heavy atom. The number of unbranched alkanes of at least 4 members (excludes halogenated alkanes) is 2. The van der Waals surface area contributed by atoms with Crippen LogP contribution in [0, 0.1) is 0 Å². The van der Waals surface area contributed by atoms with Crippen molar-refractivity contribution < 1.29 is 13.0 Å². The average Bonchev–Trinajstić information content (AvgIpc) is 2.38. The summed E-state index contributed by atoms with van der Waals surface area (Å²) >= 11 is 0. The molecule has 0 saturated heterocycles. The van der Waals surface area contributed by atoms with Crippen LogP contribution in [0.5, 0.6) is 0 Å². The van der Waals surface area contributed by atoms with Crippen molar-refractivity contribution in [2.24, 2.45) is 0 Å². The quantitative estimate of drug-likeness (QED) is 0.686. The van der Waals surface area contributed by atoms with Gasteiger partial charge in [-0.25, -0.2) is 0 Å². The summed E-state index contributed by atoms with van der Waals surface area (Å²) in [5.74, 6) is 0. The Morgan fingerprint density at radius 3 is 2.15 bits per heavy atom. The first-order chi connectivity index (χ1) is 9.48. The van der Waals surface area contributed by atoms with E-state index in [4.69, 9.17) is 4.55 Å². The Kier molecular flexibility index (Phi) is 6.81. The number of hydrogen-bond donors (Lipinski definition) is 2. The molecule has 2 N–H and O–H groups in total. The lowest BCUT2D eigenvalue weighted by Crippen LogP contribution is -2.27. The highest BCUT2D eigenvalue weighted by Crippen LogP contribution is 2.27. The summed E-state index contributed by atoms with van der Waals surface area (Å²) in [7, 11) is -4.25. The molecule has 0 aromatic heterocycles. The molecule has 0 saturated carbocycles. The van der Waals surface area contributed by atoms with Gasteiger partial charge in [0, 0.05) is 13.1 Å². The Balaban J connectivity index is 2.98. The van der Waals surface area contributed by atoms with Crippen LogP contribution in [-0.2, 0) is 10.3 Å². The molecular formula is C14H24N2O3S. The van der Waals surface area contributed by atoms with E-state index in [1.165, 1.54) is 0 Å². The predicted molar refractivity (Wildman–Crippen MR) is 83.6 cm³/mol. The molecule has 6 heteroatoms. The Bertz CT molecular complexity index is 495. The average molecular weight is 300 g/mol. The van der Waals surface area contributed by atoms with Crippen LogP contribution in [0.2, 0.25) is 0 Å². The van der Waals surface area contributed by atoms with Crippen LogP contribution in [0.1, 0.15) is 39.5 Å². The van der Waals surface area contributed by atoms with Crippen molar-refractivity contribution in [3.63, 3.8) is 0 Å². The summed E-state index contributed by atoms with van der Waals surface area (Å²) in [5.41, 5.74) is 1.23. The summed E-state index contributed by atoms with van der Waals surface area (Å²) in [6.07, 6.45) is 4.25. The van der Waals surface area contributed by atoms with Crippen LogP contribution in [0.25, 0.3) is 0 Å². The zero-order chi connectivity index (χ0) is 15.0. The lowest BCUT2D eigenvalue weighted by molar-refractivity contribution is 0.489. The van der Waals surface area contributed by atoms with Crippen molar-refractivity contribution in [3.05, 3.63) is 24.3 Å². The van der Waals surface area contributed by atoms with E-state index in [1.807, 2.05) is 12.1 Å². The van der Waals surface area contributed by atoms with Gasteiger partial charge in [0.15, 0.2) is 0 Å². The minimum atomic E-state index is -4.25. The minimum absolute atomic E-state index is 0.419. The largest absolute Gasteiger partial charge is 0.370 e. The second-order valence-electron chi connectivity index (χ2n) is 4.79. The van der Waals surface area contributed by atoms with Crippen LogP contribution in [0.4, 0.5) is 11.4 Å². The van der Waals surface area contributed by atoms with Crippen LogP contribution in [0.3, 0.4) is 0 Å². The molecular weight excluding hydrogens is 276 g/mol. The number of para-hydroxylation sites is 2. The maximum absolute atomic E-state index is 11.0. The van der Waals surface area contributed by atoms with Gasteiger partial charge in [0.25, 0.3) is 0 Å². The van der Waals surface area contributed by atoms with Gasteiger partial charge in [0.1, 0.15) is 0 Å². The van der Waals surface area contributed by atoms with E-state index in [2.05, 4.69) is 23.5 Å². The van der Waals surface area contributed by atoms with Crippen molar-refractivity contribution >= 4 is 21.7 Å². The first-order valence-electron chi connectivity index (χ1n) is 7.07. The Labute approximate surface area is 121 Å². The van der Waals surface area contributed by atoms with Crippen LogP contribution in [-0.4, -0.2) is 26.1 Å². The van der Waals surface area contributed by atoms with E-state index in [0.717, 1.165) is 44.5 Å². The number of nitrogens with zero attached hydrogens (tertiary/aromatic N) is 1. The molecule has 0 unspecified atom stereocenters. The van der Waals surface area contributed by atoms with Gasteiger partial charge in [0.2, 0.25) is 0 Å². The van der Waals surface area contributed by atoms with E-state index < -0.39 is 10.3 Å². The fraction of sp³-hybridized carbons (Fsp3) is 0.571. The van der Waals surface area contributed by atoms with E-state index in [0.29, 0.717) is 5.69 Å². The second kappa shape index (κ2) is 8.11. The van der Waals surface area contributed by atoms with Crippen molar-refractivity contribution in [2.75, 3.05) is 22.7 Å². The monoisotopic (exact) mass is 300 g/mol. The van der Waals surface area contributed by atoms with E-state index in [-0.39, 0.29) is 0 Å². The summed E-state index contributed by atoms with van der Waals surface area (Å²) in [6, 6.07) is 7.15. The fourth-order valence-corrected chi connectivity index (χ4v) is 2.48. The molecule has 0 heterocycles. The van der Waals surface area contributed by atoms with Gasteiger partial charge in [-0.1, -0.05) is 38.8 Å². The van der Waals surface area contributed by atoms with E-state index in [9.17, 15) is 8.42 Å². The van der Waals surface area contributed by atoms with Crippen molar-refractivity contribution in [1.82, 2.24) is 0 Å². The molecule has 0 amide bonds. The smallest absolute Gasteiger partial charge is 0.357 e. The highest BCUT2D eigenvalue weighted by molar-refractivity contribution is 7.87. The van der Waals surface area contributed by atoms with Gasteiger partial charge in [-0.15, -0.1) is 0 Å². The number of rotatable bonds is 9. The zero-order valence-corrected chi connectivity index (χ0v) is 13.0. The molecule has 1 aromatic rings. The fourth-order valence-electron chi connectivity index (χ4n) is 2.03. The summed E-state index contributed by atoms with van der Waals surface area (Å²) in [6.45, 7) is 6.00. The van der Waals surface area contributed by atoms with Gasteiger partial charge >= 0.3 is 10.3 Å². The molecule has 20 heavy (non-hydrogen) atoms. The Hall–Kier alpha value is -1.27. The summed E-state index contributed by atoms with van der Waals surface area (Å²) in [4.78, 5) is 2.17. The third kappa shape index (κ3) is 5.79. The van der Waals surface area contributed by atoms with Gasteiger partial charge in [0.05, 0.1) is 11.4 Å². The van der Waals surface area contributed by atoms with Crippen LogP contribution >= 0.6 is 0 Å². The van der Waals surface area contributed by atoms with Crippen molar-refractivity contribution in [2.45, 2.75) is 39.5 Å². The first kappa shape index (κ1) is 16.8. The number of nitrogens with one attached hydrogen (secondary N) is 1. The lowest BCUT2D eigenvalue weighted by atomic mass is 10.2. The van der Waals surface area contributed by atoms with Crippen LogP contribution < -0.4 is 9.62 Å². The third-order valence-corrected chi connectivity index (χ3v) is 3.52. The molecule has 0 aliphatic carbocycles. The molecule has 0 aliphatic rings. The maximum Gasteiger partial charge on any atom is 0.357 e. The molecule has 5 nitrogen and oxygen atoms in total. The number of benzene rings is 1. The predicted octanol–water partition coefficient (Wildman–Crippen LogP) is 3.31. The third-order valence-electron chi connectivity index (χ3n) is 3.05. The summed E-state index contributed by atoms with van der Waals surface area (Å²) in [5, 5.41) is 0. The highest BCUT2D eigenvalue weighted by atomic mass is 32.2. The minimum Gasteiger partial charge on any atom is -0.370 e. The summed E-state index contributed by atoms with van der Waals surface area (Å²) < 4.78 is 33.2. The number of anilines is 2. The van der Waals surface area contributed by atoms with Gasteiger partial charge in [-0.2, -0.15) is 8.42 Å². The molecule has 0 radical (unpaired) electrons. The van der Waals surface area contributed by atoms with Crippen LogP contribution in [0.15, 0.2) is 24.3 Å². The molecule has 1 aromatic carbocycles. The SMILES string of the molecule is CCCCN(CCCC)c1ccccc1NS(=O)(=O)O. The molecule has 0 bridgehead atoms. The normalized spacial score (nSPS) is 11.3. The first-order valence-corrected chi connectivity index (χ1v) is 8.51. The zero-order valence-electron chi connectivity index (χ0n) is 12.2. The highest BCUT2D eigenvalue weighted by Gasteiger charge is 2.13. The molecule has 0 spiro atoms. The molecule has 0 aliphatic heterocycles. The van der Waals surface area contributed by atoms with Gasteiger partial charge < -0.3 is 4.90 Å².